The van der Waals surface area contributed by atoms with Gasteiger partial charge < -0.3 is 16.2 Å². The van der Waals surface area contributed by atoms with E-state index >= 15 is 0 Å². The number of rotatable bonds is 4. The third-order valence-corrected chi connectivity index (χ3v) is 2.84. The molecule has 5 nitrogen and oxygen atoms in total. The van der Waals surface area contributed by atoms with Crippen molar-refractivity contribution in [3.8, 4) is 0 Å². The van der Waals surface area contributed by atoms with Crippen molar-refractivity contribution in [1.29, 1.82) is 0 Å². The van der Waals surface area contributed by atoms with Gasteiger partial charge in [0.1, 0.15) is 0 Å². The van der Waals surface area contributed by atoms with Crippen molar-refractivity contribution in [2.75, 3.05) is 32.8 Å². The van der Waals surface area contributed by atoms with Gasteiger partial charge in [-0.1, -0.05) is 0 Å². The monoisotopic (exact) mass is 226 g/mol. The van der Waals surface area contributed by atoms with Gasteiger partial charge in [0.25, 0.3) is 0 Å². The molecule has 1 atom stereocenters. The molecule has 1 rings (SSSR count). The molecular weight excluding hydrogens is 204 g/mol. The predicted octanol–water partition coefficient (Wildman–Crippen LogP) is -0.0732. The highest BCUT2D eigenvalue weighted by molar-refractivity contribution is 5.97. The van der Waals surface area contributed by atoms with Gasteiger partial charge in [-0.15, -0.1) is 0 Å². The van der Waals surface area contributed by atoms with Gasteiger partial charge in [0.05, 0.1) is 31.2 Å². The van der Waals surface area contributed by atoms with Gasteiger partial charge in [-0.25, -0.2) is 0 Å². The van der Waals surface area contributed by atoms with Crippen LogP contribution in [0.25, 0.3) is 0 Å². The number of aliphatic imine (C=N–C) groups is 1. The molecule has 0 radical (unpaired) electrons. The van der Waals surface area contributed by atoms with Gasteiger partial charge in [0, 0.05) is 25.3 Å². The molecule has 92 valence electrons. The molecule has 16 heavy (non-hydrogen) atoms. The largest absolute Gasteiger partial charge is 0.403 e. The first-order valence-corrected chi connectivity index (χ1v) is 5.65. The first-order chi connectivity index (χ1) is 7.65. The minimum Gasteiger partial charge on any atom is -0.403 e. The van der Waals surface area contributed by atoms with Crippen molar-refractivity contribution in [3.05, 3.63) is 11.9 Å². The normalized spacial score (nSPS) is 24.8. The summed E-state index contributed by atoms with van der Waals surface area (Å²) >= 11 is 0. The van der Waals surface area contributed by atoms with Gasteiger partial charge in [-0.05, 0) is 13.8 Å². The fraction of sp³-hybridized carbons (Fsp3) is 0.727. The van der Waals surface area contributed by atoms with Gasteiger partial charge >= 0.3 is 0 Å². The standard InChI is InChI=1S/C11H22N4O/c1-9-8-16-6-5-15(9)4-3-14-10(2)11(13)7-12/h7,9H,3-6,8,12-13H2,1-2H3. The third kappa shape index (κ3) is 3.83. The Hall–Kier alpha value is -1.07. The third-order valence-electron chi connectivity index (χ3n) is 2.84. The van der Waals surface area contributed by atoms with Crippen molar-refractivity contribution in [3.63, 3.8) is 0 Å². The summed E-state index contributed by atoms with van der Waals surface area (Å²) in [5.74, 6) is 0. The Labute approximate surface area is 97.1 Å². The molecule has 0 aromatic rings. The lowest BCUT2D eigenvalue weighted by Gasteiger charge is -2.32. The molecule has 1 aliphatic rings. The molecule has 0 aromatic carbocycles. The van der Waals surface area contributed by atoms with E-state index in [9.17, 15) is 0 Å². The van der Waals surface area contributed by atoms with Crippen LogP contribution in [0.4, 0.5) is 0 Å². The Kier molecular flexibility index (Phi) is 5.28. The van der Waals surface area contributed by atoms with Crippen LogP contribution in [0.5, 0.6) is 0 Å². The van der Waals surface area contributed by atoms with Crippen LogP contribution in [0.1, 0.15) is 13.8 Å². The van der Waals surface area contributed by atoms with E-state index in [1.54, 1.807) is 0 Å². The van der Waals surface area contributed by atoms with Crippen LogP contribution >= 0.6 is 0 Å². The molecule has 1 saturated heterocycles. The summed E-state index contributed by atoms with van der Waals surface area (Å²) < 4.78 is 5.37. The summed E-state index contributed by atoms with van der Waals surface area (Å²) in [6.45, 7) is 8.36. The Bertz CT molecular complexity index is 275. The molecule has 5 heteroatoms. The van der Waals surface area contributed by atoms with Crippen LogP contribution in [-0.2, 0) is 4.74 Å². The van der Waals surface area contributed by atoms with Crippen molar-refractivity contribution in [2.24, 2.45) is 16.5 Å². The minimum absolute atomic E-state index is 0.478. The maximum atomic E-state index is 5.63. The first kappa shape index (κ1) is 13.0. The number of hydrogen-bond donors (Lipinski definition) is 2. The Morgan fingerprint density at radius 3 is 3.00 bits per heavy atom. The van der Waals surface area contributed by atoms with E-state index in [0.717, 1.165) is 38.6 Å². The topological polar surface area (TPSA) is 76.9 Å². The van der Waals surface area contributed by atoms with Gasteiger partial charge in [0.15, 0.2) is 0 Å². The zero-order chi connectivity index (χ0) is 12.0. The van der Waals surface area contributed by atoms with Gasteiger partial charge in [0.2, 0.25) is 0 Å². The van der Waals surface area contributed by atoms with Crippen molar-refractivity contribution < 1.29 is 4.74 Å². The second kappa shape index (κ2) is 6.50. The fourth-order valence-corrected chi connectivity index (χ4v) is 1.65. The second-order valence-corrected chi connectivity index (χ2v) is 4.05. The van der Waals surface area contributed by atoms with Crippen LogP contribution in [0, 0.1) is 0 Å². The second-order valence-electron chi connectivity index (χ2n) is 4.05. The quantitative estimate of drug-likeness (QED) is 0.658. The van der Waals surface area contributed by atoms with Crippen LogP contribution in [0.15, 0.2) is 16.9 Å². The predicted molar refractivity (Wildman–Crippen MR) is 66.3 cm³/mol. The van der Waals surface area contributed by atoms with E-state index in [1.165, 1.54) is 6.20 Å². The van der Waals surface area contributed by atoms with E-state index in [2.05, 4.69) is 16.8 Å². The van der Waals surface area contributed by atoms with E-state index in [-0.39, 0.29) is 0 Å². The summed E-state index contributed by atoms with van der Waals surface area (Å²) in [6, 6.07) is 0.478. The molecule has 0 bridgehead atoms. The number of hydrogen-bond acceptors (Lipinski definition) is 5. The van der Waals surface area contributed by atoms with Crippen LogP contribution < -0.4 is 11.5 Å². The highest BCUT2D eigenvalue weighted by Gasteiger charge is 2.17. The van der Waals surface area contributed by atoms with Crippen molar-refractivity contribution in [1.82, 2.24) is 4.90 Å². The summed E-state index contributed by atoms with van der Waals surface area (Å²) in [6.07, 6.45) is 1.39. The van der Waals surface area contributed by atoms with Crippen molar-refractivity contribution in [2.45, 2.75) is 19.9 Å². The highest BCUT2D eigenvalue weighted by Crippen LogP contribution is 2.05. The minimum atomic E-state index is 0.478. The molecule has 0 spiro atoms. The molecule has 0 saturated carbocycles. The molecule has 1 heterocycles. The Morgan fingerprint density at radius 1 is 1.62 bits per heavy atom. The molecule has 4 N–H and O–H groups in total. The van der Waals surface area contributed by atoms with Crippen LogP contribution in [0.2, 0.25) is 0 Å². The molecule has 0 aliphatic carbocycles. The van der Waals surface area contributed by atoms with E-state index in [4.69, 9.17) is 16.2 Å². The number of morpholine rings is 1. The lowest BCUT2D eigenvalue weighted by Crippen LogP contribution is -2.44. The van der Waals surface area contributed by atoms with E-state index < -0.39 is 0 Å². The number of allylic oxidation sites excluding steroid dienone is 1. The zero-order valence-electron chi connectivity index (χ0n) is 10.1. The lowest BCUT2D eigenvalue weighted by molar-refractivity contribution is 0.00142. The SMILES string of the molecule is CC(=NCCN1CCOCC1C)C(N)=CN. The number of nitrogens with zero attached hydrogens (tertiary/aromatic N) is 2. The summed E-state index contributed by atoms with van der Waals surface area (Å²) in [4.78, 5) is 6.76. The molecule has 1 fully saturated rings. The molecule has 0 amide bonds. The fourth-order valence-electron chi connectivity index (χ4n) is 1.65. The molecular formula is C11H22N4O. The summed E-state index contributed by atoms with van der Waals surface area (Å²) in [7, 11) is 0. The first-order valence-electron chi connectivity index (χ1n) is 5.65. The average molecular weight is 226 g/mol. The average Bonchev–Trinajstić information content (AvgIpc) is 2.30. The van der Waals surface area contributed by atoms with Crippen LogP contribution in [0.3, 0.4) is 0 Å². The molecule has 1 unspecified atom stereocenters. The Balaban J connectivity index is 2.34. The zero-order valence-corrected chi connectivity index (χ0v) is 10.1. The lowest BCUT2D eigenvalue weighted by atomic mass is 10.2. The summed E-state index contributed by atoms with van der Waals surface area (Å²) in [5.41, 5.74) is 12.3. The number of nitrogens with two attached hydrogens (primary N) is 2. The smallest absolute Gasteiger partial charge is 0.0682 e. The maximum Gasteiger partial charge on any atom is 0.0682 e. The number of ether oxygens (including phenoxy) is 1. The van der Waals surface area contributed by atoms with Gasteiger partial charge in [-0.3, -0.25) is 9.89 Å². The van der Waals surface area contributed by atoms with E-state index in [1.807, 2.05) is 6.92 Å². The highest BCUT2D eigenvalue weighted by atomic mass is 16.5. The van der Waals surface area contributed by atoms with Gasteiger partial charge in [-0.2, -0.15) is 0 Å². The van der Waals surface area contributed by atoms with Crippen LogP contribution in [-0.4, -0.2) is 49.5 Å². The maximum absolute atomic E-state index is 5.63. The van der Waals surface area contributed by atoms with E-state index in [0.29, 0.717) is 11.7 Å². The molecule has 1 aliphatic heterocycles. The summed E-state index contributed by atoms with van der Waals surface area (Å²) in [5, 5.41) is 0. The molecule has 0 aromatic heterocycles. The Morgan fingerprint density at radius 2 is 2.38 bits per heavy atom. The van der Waals surface area contributed by atoms with Crippen molar-refractivity contribution >= 4 is 5.71 Å².